The summed E-state index contributed by atoms with van der Waals surface area (Å²) in [7, 11) is 0. The lowest BCUT2D eigenvalue weighted by atomic mass is 9.49. The maximum Gasteiger partial charge on any atom is 0.343 e. The minimum Gasteiger partial charge on any atom is -0.488 e. The molecule has 2 aliphatic carbocycles. The number of aliphatic hydroxyl groups is 4. The van der Waals surface area contributed by atoms with Crippen molar-refractivity contribution in [2.75, 3.05) is 0 Å². The molecule has 0 amide bonds. The highest BCUT2D eigenvalue weighted by Crippen LogP contribution is 2.84. The van der Waals surface area contributed by atoms with Gasteiger partial charge < -0.3 is 39.4 Å². The molecule has 10 nitrogen and oxygen atoms in total. The zero-order chi connectivity index (χ0) is 22.7. The summed E-state index contributed by atoms with van der Waals surface area (Å²) in [5.41, 5.74) is -8.84. The lowest BCUT2D eigenvalue weighted by molar-refractivity contribution is -0.262. The minimum atomic E-state index is -2.34. The first-order valence-electron chi connectivity index (χ1n) is 10.5. The largest absolute Gasteiger partial charge is 0.488 e. The number of esters is 2. The monoisotopic (exact) mass is 438 g/mol. The predicted molar refractivity (Wildman–Crippen MR) is 97.5 cm³/mol. The molecule has 6 unspecified atom stereocenters. The summed E-state index contributed by atoms with van der Waals surface area (Å²) < 4.78 is 23.0. The van der Waals surface area contributed by atoms with Gasteiger partial charge in [-0.05, 0) is 12.3 Å². The smallest absolute Gasteiger partial charge is 0.343 e. The summed E-state index contributed by atoms with van der Waals surface area (Å²) in [6, 6.07) is 0. The van der Waals surface area contributed by atoms with Crippen molar-refractivity contribution >= 4 is 11.9 Å². The summed E-state index contributed by atoms with van der Waals surface area (Å²) in [4.78, 5) is 25.8. The van der Waals surface area contributed by atoms with E-state index in [1.807, 2.05) is 20.8 Å². The van der Waals surface area contributed by atoms with E-state index in [0.717, 1.165) is 0 Å². The first-order chi connectivity index (χ1) is 14.3. The van der Waals surface area contributed by atoms with Crippen molar-refractivity contribution < 1.29 is 49.0 Å². The SMILES string of the molecule is C=C1O[C@H]2C(C(C)(C)C)C3(C(O)O[C@@]45C(=O)OC2C34C(O)[C@@H]2OC(=O)[C@@H](C)[C@@]25O)[C@H]1O. The average molecular weight is 438 g/mol. The lowest BCUT2D eigenvalue weighted by Gasteiger charge is -2.53. The Morgan fingerprint density at radius 2 is 1.68 bits per heavy atom. The van der Waals surface area contributed by atoms with Crippen molar-refractivity contribution in [3.05, 3.63) is 12.3 Å². The molecule has 4 saturated heterocycles. The number of carbonyl (C=O) groups excluding carboxylic acids is 2. The molecule has 4 aliphatic heterocycles. The van der Waals surface area contributed by atoms with Gasteiger partial charge in [0.15, 0.2) is 24.1 Å². The zero-order valence-electron chi connectivity index (χ0n) is 17.6. The Bertz CT molecular complexity index is 956. The maximum absolute atomic E-state index is 13.5. The highest BCUT2D eigenvalue weighted by molar-refractivity contribution is 5.92. The summed E-state index contributed by atoms with van der Waals surface area (Å²) in [5, 5.41) is 46.5. The fraction of sp³-hybridized carbons (Fsp3) is 0.810. The van der Waals surface area contributed by atoms with Gasteiger partial charge in [0.1, 0.15) is 24.1 Å². The zero-order valence-corrected chi connectivity index (χ0v) is 17.6. The summed E-state index contributed by atoms with van der Waals surface area (Å²) in [6.45, 7) is 10.8. The summed E-state index contributed by atoms with van der Waals surface area (Å²) >= 11 is 0. The molecule has 2 spiro atoms. The first-order valence-corrected chi connectivity index (χ1v) is 10.5. The number of aliphatic hydroxyl groups excluding tert-OH is 3. The van der Waals surface area contributed by atoms with E-state index < -0.39 is 88.0 Å². The highest BCUT2D eigenvalue weighted by Gasteiger charge is 3.04. The van der Waals surface area contributed by atoms with E-state index in [4.69, 9.17) is 18.9 Å². The molecule has 6 fully saturated rings. The van der Waals surface area contributed by atoms with Crippen molar-refractivity contribution in [1.82, 2.24) is 0 Å². The number of rotatable bonds is 0. The van der Waals surface area contributed by atoms with Crippen LogP contribution in [-0.4, -0.2) is 80.4 Å². The third-order valence-electron chi connectivity index (χ3n) is 9.09. The molecule has 0 aromatic carbocycles. The van der Waals surface area contributed by atoms with Crippen LogP contribution in [0.3, 0.4) is 0 Å². The van der Waals surface area contributed by atoms with Gasteiger partial charge in [-0.1, -0.05) is 27.4 Å². The Morgan fingerprint density at radius 3 is 2.29 bits per heavy atom. The molecular weight excluding hydrogens is 412 g/mol. The number of hydrogen-bond acceptors (Lipinski definition) is 10. The van der Waals surface area contributed by atoms with E-state index in [1.165, 1.54) is 6.92 Å². The van der Waals surface area contributed by atoms with E-state index in [1.54, 1.807) is 0 Å². The second-order valence-electron chi connectivity index (χ2n) is 10.9. The number of ether oxygens (including phenoxy) is 4. The molecule has 31 heavy (non-hydrogen) atoms. The minimum absolute atomic E-state index is 0.0509. The second-order valence-corrected chi connectivity index (χ2v) is 10.9. The summed E-state index contributed by atoms with van der Waals surface area (Å²) in [5.74, 6) is -3.80. The number of hydrogen-bond donors (Lipinski definition) is 4. The normalized spacial score (nSPS) is 61.0. The van der Waals surface area contributed by atoms with Crippen LogP contribution in [0.25, 0.3) is 0 Å². The van der Waals surface area contributed by atoms with Gasteiger partial charge in [-0.15, -0.1) is 0 Å². The Kier molecular flexibility index (Phi) is 3.17. The van der Waals surface area contributed by atoms with Gasteiger partial charge in [0, 0.05) is 5.92 Å². The fourth-order valence-corrected chi connectivity index (χ4v) is 8.40. The molecule has 12 atom stereocenters. The molecule has 2 saturated carbocycles. The predicted octanol–water partition coefficient (Wildman–Crippen LogP) is -1.41. The van der Waals surface area contributed by atoms with Crippen LogP contribution in [0.2, 0.25) is 0 Å². The van der Waals surface area contributed by atoms with Gasteiger partial charge >= 0.3 is 11.9 Å². The molecule has 2 bridgehead atoms. The average Bonchev–Trinajstić information content (AvgIpc) is 3.28. The molecule has 0 aromatic heterocycles. The quantitative estimate of drug-likeness (QED) is 0.332. The lowest BCUT2D eigenvalue weighted by Crippen LogP contribution is -2.67. The van der Waals surface area contributed by atoms with E-state index in [0.29, 0.717) is 0 Å². The van der Waals surface area contributed by atoms with Crippen molar-refractivity contribution in [2.24, 2.45) is 28.1 Å². The third kappa shape index (κ3) is 1.44. The van der Waals surface area contributed by atoms with Crippen molar-refractivity contribution in [2.45, 2.75) is 75.7 Å². The Balaban J connectivity index is 1.75. The van der Waals surface area contributed by atoms with Crippen LogP contribution >= 0.6 is 0 Å². The van der Waals surface area contributed by atoms with Crippen molar-refractivity contribution in [1.29, 1.82) is 0 Å². The molecule has 0 radical (unpaired) electrons. The van der Waals surface area contributed by atoms with Crippen LogP contribution in [0.4, 0.5) is 0 Å². The van der Waals surface area contributed by atoms with Gasteiger partial charge in [0.05, 0.1) is 16.7 Å². The Morgan fingerprint density at radius 1 is 1.03 bits per heavy atom. The van der Waals surface area contributed by atoms with Crippen LogP contribution in [0, 0.1) is 28.1 Å². The Labute approximate surface area is 177 Å². The molecule has 10 heteroatoms. The molecule has 4 heterocycles. The highest BCUT2D eigenvalue weighted by atomic mass is 16.7. The molecular formula is C21H26O10. The van der Waals surface area contributed by atoms with Crippen LogP contribution in [0.5, 0.6) is 0 Å². The Hall–Kier alpha value is -1.72. The fourth-order valence-electron chi connectivity index (χ4n) is 8.40. The molecule has 0 aromatic rings. The second kappa shape index (κ2) is 4.94. The molecule has 4 N–H and O–H groups in total. The van der Waals surface area contributed by atoms with Crippen LogP contribution in [0.1, 0.15) is 27.7 Å². The van der Waals surface area contributed by atoms with E-state index >= 15 is 0 Å². The van der Waals surface area contributed by atoms with Gasteiger partial charge in [0.25, 0.3) is 0 Å². The molecule has 6 aliphatic rings. The standard InChI is InChI=1S/C21H26O10/c1-6-14(24)29-13-11(23)19-12-8-9(17(3,4)5)18(19,10(22)7(2)28-8)15(25)31-21(19,16(26)30-12)20(6,13)27/h6,8-13,15,22-23,25,27H,2H2,1,3-5H3/t6-,8+,9?,10+,11?,12?,13+,15?,18?,19?,20-,21+/m1/s1. The van der Waals surface area contributed by atoms with E-state index in [9.17, 15) is 30.0 Å². The first kappa shape index (κ1) is 19.9. The van der Waals surface area contributed by atoms with Crippen LogP contribution < -0.4 is 0 Å². The maximum atomic E-state index is 13.5. The van der Waals surface area contributed by atoms with Crippen molar-refractivity contribution in [3.8, 4) is 0 Å². The summed E-state index contributed by atoms with van der Waals surface area (Å²) in [6.07, 6.45) is -8.56. The number of fused-ring (bicyclic) bond motifs is 3. The van der Waals surface area contributed by atoms with Crippen LogP contribution in [0.15, 0.2) is 12.3 Å². The van der Waals surface area contributed by atoms with Crippen molar-refractivity contribution in [3.63, 3.8) is 0 Å². The van der Waals surface area contributed by atoms with Gasteiger partial charge in [-0.25, -0.2) is 4.79 Å². The van der Waals surface area contributed by atoms with Crippen LogP contribution in [-0.2, 0) is 28.5 Å². The number of carbonyl (C=O) groups is 2. The van der Waals surface area contributed by atoms with Gasteiger partial charge in [-0.3, -0.25) is 4.79 Å². The van der Waals surface area contributed by atoms with E-state index in [-0.39, 0.29) is 5.76 Å². The third-order valence-corrected chi connectivity index (χ3v) is 9.09. The van der Waals surface area contributed by atoms with E-state index in [2.05, 4.69) is 6.58 Å². The van der Waals surface area contributed by atoms with Gasteiger partial charge in [0.2, 0.25) is 5.60 Å². The topological polar surface area (TPSA) is 152 Å². The van der Waals surface area contributed by atoms with Gasteiger partial charge in [-0.2, -0.15) is 0 Å². The molecule has 170 valence electrons. The molecule has 6 rings (SSSR count).